The maximum absolute atomic E-state index is 12.9. The molecule has 1 aromatic carbocycles. The Morgan fingerprint density at radius 1 is 1.20 bits per heavy atom. The van der Waals surface area contributed by atoms with Crippen molar-refractivity contribution in [3.63, 3.8) is 0 Å². The van der Waals surface area contributed by atoms with Gasteiger partial charge in [0.1, 0.15) is 29.5 Å². The molecule has 2 heterocycles. The van der Waals surface area contributed by atoms with Gasteiger partial charge in [-0.3, -0.25) is 4.79 Å². The largest absolute Gasteiger partial charge is 0.481 e. The highest BCUT2D eigenvalue weighted by Crippen LogP contribution is 2.19. The number of rotatable bonds is 5. The second-order valence-electron chi connectivity index (χ2n) is 6.01. The monoisotopic (exact) mass is 344 g/mol. The summed E-state index contributed by atoms with van der Waals surface area (Å²) in [5.41, 5.74) is 0. The molecule has 1 aliphatic rings. The van der Waals surface area contributed by atoms with Crippen LogP contribution in [0, 0.1) is 5.82 Å². The van der Waals surface area contributed by atoms with Gasteiger partial charge in [-0.05, 0) is 50.5 Å². The van der Waals surface area contributed by atoms with Gasteiger partial charge in [-0.2, -0.15) is 0 Å². The van der Waals surface area contributed by atoms with Crippen LogP contribution in [0.4, 0.5) is 16.0 Å². The number of hydrogen-bond acceptors (Lipinski definition) is 5. The van der Waals surface area contributed by atoms with Gasteiger partial charge in [-0.1, -0.05) is 0 Å². The van der Waals surface area contributed by atoms with Gasteiger partial charge in [0.25, 0.3) is 5.91 Å². The predicted octanol–water partition coefficient (Wildman–Crippen LogP) is 3.01. The molecule has 1 N–H and O–H groups in total. The summed E-state index contributed by atoms with van der Waals surface area (Å²) in [4.78, 5) is 22.9. The number of carbonyl (C=O) groups excluding carboxylic acids is 1. The maximum atomic E-state index is 12.9. The molecule has 1 atom stereocenters. The predicted molar refractivity (Wildman–Crippen MR) is 93.2 cm³/mol. The van der Waals surface area contributed by atoms with Gasteiger partial charge in [0, 0.05) is 19.2 Å². The lowest BCUT2D eigenvalue weighted by molar-refractivity contribution is -0.122. The molecule has 7 heteroatoms. The Morgan fingerprint density at radius 2 is 1.92 bits per heavy atom. The summed E-state index contributed by atoms with van der Waals surface area (Å²) >= 11 is 0. The van der Waals surface area contributed by atoms with Crippen LogP contribution in [0.2, 0.25) is 0 Å². The lowest BCUT2D eigenvalue weighted by Crippen LogP contribution is -2.32. The highest BCUT2D eigenvalue weighted by atomic mass is 19.1. The summed E-state index contributed by atoms with van der Waals surface area (Å²) in [6.45, 7) is 3.56. The van der Waals surface area contributed by atoms with E-state index in [1.807, 2.05) is 0 Å². The zero-order valence-electron chi connectivity index (χ0n) is 14.1. The Hall–Kier alpha value is -2.70. The molecule has 0 bridgehead atoms. The Bertz CT molecular complexity index is 717. The topological polar surface area (TPSA) is 67.3 Å². The average molecular weight is 344 g/mol. The summed E-state index contributed by atoms with van der Waals surface area (Å²) < 4.78 is 18.4. The molecular weight excluding hydrogens is 323 g/mol. The van der Waals surface area contributed by atoms with Gasteiger partial charge in [0.15, 0.2) is 6.10 Å². The van der Waals surface area contributed by atoms with Crippen molar-refractivity contribution in [3.8, 4) is 5.75 Å². The molecule has 1 fully saturated rings. The molecule has 1 aromatic heterocycles. The molecule has 2 aromatic rings. The molecule has 0 radical (unpaired) electrons. The molecule has 0 spiro atoms. The van der Waals surface area contributed by atoms with Gasteiger partial charge >= 0.3 is 0 Å². The van der Waals surface area contributed by atoms with E-state index in [9.17, 15) is 9.18 Å². The van der Waals surface area contributed by atoms with Crippen LogP contribution in [0.5, 0.6) is 5.75 Å². The molecule has 132 valence electrons. The number of carbonyl (C=O) groups is 1. The number of nitrogens with zero attached hydrogens (tertiary/aromatic N) is 3. The first-order chi connectivity index (χ1) is 12.1. The van der Waals surface area contributed by atoms with Crippen LogP contribution >= 0.6 is 0 Å². The Balaban J connectivity index is 1.60. The summed E-state index contributed by atoms with van der Waals surface area (Å²) in [6.07, 6.45) is 4.25. The van der Waals surface area contributed by atoms with E-state index in [1.54, 1.807) is 13.0 Å². The third kappa shape index (κ3) is 4.65. The van der Waals surface area contributed by atoms with Crippen LogP contribution in [0.25, 0.3) is 0 Å². The molecule has 1 aliphatic heterocycles. The van der Waals surface area contributed by atoms with Crippen LogP contribution in [0.1, 0.15) is 26.2 Å². The average Bonchev–Trinajstić information content (AvgIpc) is 2.64. The number of nitrogens with one attached hydrogen (secondary N) is 1. The van der Waals surface area contributed by atoms with E-state index in [2.05, 4.69) is 20.2 Å². The van der Waals surface area contributed by atoms with Gasteiger partial charge < -0.3 is 15.0 Å². The number of hydrogen-bond donors (Lipinski definition) is 1. The van der Waals surface area contributed by atoms with Crippen molar-refractivity contribution in [1.29, 1.82) is 0 Å². The van der Waals surface area contributed by atoms with E-state index < -0.39 is 6.10 Å². The van der Waals surface area contributed by atoms with Gasteiger partial charge in [-0.15, -0.1) is 0 Å². The van der Waals surface area contributed by atoms with Crippen molar-refractivity contribution in [2.24, 2.45) is 0 Å². The van der Waals surface area contributed by atoms with E-state index in [0.717, 1.165) is 31.7 Å². The van der Waals surface area contributed by atoms with E-state index >= 15 is 0 Å². The number of piperidine rings is 1. The lowest BCUT2D eigenvalue weighted by atomic mass is 10.1. The second kappa shape index (κ2) is 7.92. The van der Waals surface area contributed by atoms with Crippen molar-refractivity contribution < 1.29 is 13.9 Å². The molecule has 1 saturated heterocycles. The standard InChI is InChI=1S/C18H21FN4O2/c1-13(25-15-7-5-14(19)6-8-15)18(24)22-16-11-17(21-12-20-16)23-9-3-2-4-10-23/h5-8,11-13H,2-4,9-10H2,1H3,(H,20,21,22,24). The Labute approximate surface area is 146 Å². The highest BCUT2D eigenvalue weighted by molar-refractivity contribution is 5.93. The van der Waals surface area contributed by atoms with Crippen molar-refractivity contribution in [2.75, 3.05) is 23.3 Å². The van der Waals surface area contributed by atoms with E-state index in [0.29, 0.717) is 11.6 Å². The van der Waals surface area contributed by atoms with Gasteiger partial charge in [-0.25, -0.2) is 14.4 Å². The number of benzene rings is 1. The summed E-state index contributed by atoms with van der Waals surface area (Å²) in [5, 5.41) is 2.74. The molecular formula is C18H21FN4O2. The first-order valence-electron chi connectivity index (χ1n) is 8.42. The smallest absolute Gasteiger partial charge is 0.266 e. The number of halogens is 1. The first-order valence-corrected chi connectivity index (χ1v) is 8.42. The highest BCUT2D eigenvalue weighted by Gasteiger charge is 2.17. The van der Waals surface area contributed by atoms with Crippen molar-refractivity contribution in [2.45, 2.75) is 32.3 Å². The zero-order valence-corrected chi connectivity index (χ0v) is 14.1. The van der Waals surface area contributed by atoms with Crippen molar-refractivity contribution >= 4 is 17.5 Å². The zero-order chi connectivity index (χ0) is 17.6. The maximum Gasteiger partial charge on any atom is 0.266 e. The number of amides is 1. The van der Waals surface area contributed by atoms with Crippen LogP contribution < -0.4 is 15.0 Å². The Morgan fingerprint density at radius 3 is 2.64 bits per heavy atom. The van der Waals surface area contributed by atoms with Gasteiger partial charge in [0.05, 0.1) is 0 Å². The fourth-order valence-corrected chi connectivity index (χ4v) is 2.71. The molecule has 6 nitrogen and oxygen atoms in total. The summed E-state index contributed by atoms with van der Waals surface area (Å²) in [7, 11) is 0. The summed E-state index contributed by atoms with van der Waals surface area (Å²) in [6, 6.07) is 7.31. The first kappa shape index (κ1) is 17.1. The minimum absolute atomic E-state index is 0.326. The van der Waals surface area contributed by atoms with Crippen LogP contribution in [0.3, 0.4) is 0 Å². The third-order valence-electron chi connectivity index (χ3n) is 4.08. The van der Waals surface area contributed by atoms with Crippen LogP contribution in [-0.4, -0.2) is 35.1 Å². The molecule has 25 heavy (non-hydrogen) atoms. The number of anilines is 2. The summed E-state index contributed by atoms with van der Waals surface area (Å²) in [5.74, 6) is 1.01. The normalized spacial score (nSPS) is 15.5. The number of ether oxygens (including phenoxy) is 1. The molecule has 3 rings (SSSR count). The SMILES string of the molecule is CC(Oc1ccc(F)cc1)C(=O)Nc1cc(N2CCCCC2)ncn1. The van der Waals surface area contributed by atoms with E-state index in [4.69, 9.17) is 4.74 Å². The quantitative estimate of drug-likeness (QED) is 0.903. The van der Waals surface area contributed by atoms with Crippen molar-refractivity contribution in [1.82, 2.24) is 9.97 Å². The molecule has 0 saturated carbocycles. The van der Waals surface area contributed by atoms with Crippen LogP contribution in [0.15, 0.2) is 36.7 Å². The lowest BCUT2D eigenvalue weighted by Gasteiger charge is -2.27. The van der Waals surface area contributed by atoms with Crippen LogP contribution in [-0.2, 0) is 4.79 Å². The fraction of sp³-hybridized carbons (Fsp3) is 0.389. The van der Waals surface area contributed by atoms with E-state index in [-0.39, 0.29) is 11.7 Å². The Kier molecular flexibility index (Phi) is 5.42. The van der Waals surface area contributed by atoms with Gasteiger partial charge in [0.2, 0.25) is 0 Å². The molecule has 1 unspecified atom stereocenters. The third-order valence-corrected chi connectivity index (χ3v) is 4.08. The minimum Gasteiger partial charge on any atom is -0.481 e. The number of aromatic nitrogens is 2. The molecule has 0 aliphatic carbocycles. The fourth-order valence-electron chi connectivity index (χ4n) is 2.71. The second-order valence-corrected chi connectivity index (χ2v) is 6.01. The molecule has 1 amide bonds. The minimum atomic E-state index is -0.737. The van der Waals surface area contributed by atoms with Crippen molar-refractivity contribution in [3.05, 3.63) is 42.5 Å². The van der Waals surface area contributed by atoms with E-state index in [1.165, 1.54) is 37.0 Å².